The Labute approximate surface area is 116 Å². The van der Waals surface area contributed by atoms with Crippen molar-refractivity contribution in [3.05, 3.63) is 41.4 Å². The third-order valence-corrected chi connectivity index (χ3v) is 3.89. The minimum atomic E-state index is 0.107. The summed E-state index contributed by atoms with van der Waals surface area (Å²) in [6.07, 6.45) is 0.490. The fraction of sp³-hybridized carbons (Fsp3) is 0.214. The molecule has 3 rings (SSSR count). The molecule has 1 fully saturated rings. The molecule has 0 radical (unpaired) electrons. The van der Waals surface area contributed by atoms with Crippen LogP contribution in [0.1, 0.15) is 6.42 Å². The molecular weight excluding hydrogens is 266 g/mol. The normalized spacial score (nSPS) is 19.8. The molecule has 18 heavy (non-hydrogen) atoms. The molecule has 1 aliphatic heterocycles. The van der Waals surface area contributed by atoms with Crippen LogP contribution in [0.25, 0.3) is 10.8 Å². The summed E-state index contributed by atoms with van der Waals surface area (Å²) in [5, 5.41) is 2.78. The van der Waals surface area contributed by atoms with Crippen LogP contribution in [0.5, 0.6) is 0 Å². The summed E-state index contributed by atoms with van der Waals surface area (Å²) < 4.78 is 0. The van der Waals surface area contributed by atoms with Gasteiger partial charge in [0.1, 0.15) is 0 Å². The average Bonchev–Trinajstić information content (AvgIpc) is 2.68. The van der Waals surface area contributed by atoms with Crippen LogP contribution < -0.4 is 4.90 Å². The van der Waals surface area contributed by atoms with Gasteiger partial charge in [-0.3, -0.25) is 4.79 Å². The van der Waals surface area contributed by atoms with Crippen molar-refractivity contribution < 1.29 is 4.79 Å². The van der Waals surface area contributed by atoms with Crippen molar-refractivity contribution in [2.24, 2.45) is 0 Å². The summed E-state index contributed by atoms with van der Waals surface area (Å²) in [5.41, 5.74) is 0.889. The van der Waals surface area contributed by atoms with Gasteiger partial charge < -0.3 is 4.90 Å². The molecular formula is C14H12ClNOS. The highest BCUT2D eigenvalue weighted by molar-refractivity contribution is 7.81. The van der Waals surface area contributed by atoms with Gasteiger partial charge in [0, 0.05) is 23.6 Å². The van der Waals surface area contributed by atoms with Crippen LogP contribution in [0.3, 0.4) is 0 Å². The number of carbonyl (C=O) groups is 1. The Morgan fingerprint density at radius 2 is 1.94 bits per heavy atom. The highest BCUT2D eigenvalue weighted by Crippen LogP contribution is 2.35. The maximum Gasteiger partial charge on any atom is 0.228 e. The van der Waals surface area contributed by atoms with Crippen LogP contribution >= 0.6 is 24.2 Å². The number of anilines is 1. The van der Waals surface area contributed by atoms with E-state index in [2.05, 4.69) is 12.6 Å². The molecule has 1 atom stereocenters. The third-order valence-electron chi connectivity index (χ3n) is 3.23. The summed E-state index contributed by atoms with van der Waals surface area (Å²) in [6, 6.07) is 11.7. The molecule has 1 heterocycles. The van der Waals surface area contributed by atoms with Gasteiger partial charge in [0.25, 0.3) is 0 Å². The monoisotopic (exact) mass is 277 g/mol. The molecule has 0 N–H and O–H groups in total. The first kappa shape index (κ1) is 11.9. The maximum absolute atomic E-state index is 12.0. The van der Waals surface area contributed by atoms with Crippen molar-refractivity contribution in [2.75, 3.05) is 11.4 Å². The van der Waals surface area contributed by atoms with Crippen molar-refractivity contribution in [3.63, 3.8) is 0 Å². The van der Waals surface area contributed by atoms with Gasteiger partial charge >= 0.3 is 0 Å². The zero-order valence-electron chi connectivity index (χ0n) is 9.64. The van der Waals surface area contributed by atoms with Gasteiger partial charge in [0.2, 0.25) is 5.91 Å². The predicted octanol–water partition coefficient (Wildman–Crippen LogP) is 3.53. The number of fused-ring (bicyclic) bond motifs is 1. The second-order valence-corrected chi connectivity index (χ2v) is 5.61. The van der Waals surface area contributed by atoms with E-state index >= 15 is 0 Å². The number of halogens is 1. The lowest BCUT2D eigenvalue weighted by atomic mass is 10.1. The molecule has 0 bridgehead atoms. The van der Waals surface area contributed by atoms with Gasteiger partial charge in [-0.15, -0.1) is 0 Å². The number of amides is 1. The van der Waals surface area contributed by atoms with Gasteiger partial charge in [0.05, 0.1) is 10.7 Å². The fourth-order valence-electron chi connectivity index (χ4n) is 2.42. The molecule has 1 aliphatic rings. The smallest absolute Gasteiger partial charge is 0.228 e. The lowest BCUT2D eigenvalue weighted by Crippen LogP contribution is -2.24. The Kier molecular flexibility index (Phi) is 2.96. The molecule has 2 nitrogen and oxygen atoms in total. The van der Waals surface area contributed by atoms with Crippen molar-refractivity contribution in [1.29, 1.82) is 0 Å². The first-order valence-electron chi connectivity index (χ1n) is 5.82. The Hall–Kier alpha value is -1.19. The second-order valence-electron chi connectivity index (χ2n) is 4.48. The van der Waals surface area contributed by atoms with Crippen molar-refractivity contribution in [3.8, 4) is 0 Å². The maximum atomic E-state index is 12.0. The molecule has 0 saturated carbocycles. The van der Waals surface area contributed by atoms with Crippen molar-refractivity contribution in [1.82, 2.24) is 0 Å². The van der Waals surface area contributed by atoms with Crippen LogP contribution in [-0.2, 0) is 4.79 Å². The second kappa shape index (κ2) is 4.48. The van der Waals surface area contributed by atoms with E-state index in [1.54, 1.807) is 4.90 Å². The third kappa shape index (κ3) is 1.88. The first-order valence-corrected chi connectivity index (χ1v) is 6.72. The molecule has 1 saturated heterocycles. The van der Waals surface area contributed by atoms with Crippen LogP contribution in [0.15, 0.2) is 36.4 Å². The quantitative estimate of drug-likeness (QED) is 0.791. The Bertz CT molecular complexity index is 623. The zero-order chi connectivity index (χ0) is 12.7. The van der Waals surface area contributed by atoms with Gasteiger partial charge in [-0.2, -0.15) is 12.6 Å². The molecule has 1 unspecified atom stereocenters. The summed E-state index contributed by atoms with van der Waals surface area (Å²) in [4.78, 5) is 13.8. The number of hydrogen-bond acceptors (Lipinski definition) is 2. The number of nitrogens with zero attached hydrogens (tertiary/aromatic N) is 1. The first-order chi connectivity index (χ1) is 8.66. The van der Waals surface area contributed by atoms with E-state index in [1.165, 1.54) is 0 Å². The van der Waals surface area contributed by atoms with E-state index in [0.717, 1.165) is 16.5 Å². The van der Waals surface area contributed by atoms with E-state index in [4.69, 9.17) is 11.6 Å². The van der Waals surface area contributed by atoms with Gasteiger partial charge in [-0.1, -0.05) is 35.9 Å². The summed E-state index contributed by atoms with van der Waals surface area (Å²) >= 11 is 10.7. The molecule has 2 aromatic rings. The number of hydrogen-bond donors (Lipinski definition) is 1. The van der Waals surface area contributed by atoms with Gasteiger partial charge in [-0.25, -0.2) is 0 Å². The SMILES string of the molecule is O=C1CC(S)CN1c1cccc2cccc(Cl)c12. The minimum absolute atomic E-state index is 0.107. The molecule has 92 valence electrons. The molecule has 1 amide bonds. The van der Waals surface area contributed by atoms with Crippen LogP contribution in [0, 0.1) is 0 Å². The zero-order valence-corrected chi connectivity index (χ0v) is 11.3. The highest BCUT2D eigenvalue weighted by atomic mass is 35.5. The number of thiol groups is 1. The molecule has 0 aliphatic carbocycles. The molecule has 4 heteroatoms. The minimum Gasteiger partial charge on any atom is -0.311 e. The average molecular weight is 278 g/mol. The largest absolute Gasteiger partial charge is 0.311 e. The Morgan fingerprint density at radius 1 is 1.22 bits per heavy atom. The van der Waals surface area contributed by atoms with E-state index < -0.39 is 0 Å². The predicted molar refractivity (Wildman–Crippen MR) is 78.7 cm³/mol. The summed E-state index contributed by atoms with van der Waals surface area (Å²) in [6.45, 7) is 0.645. The summed E-state index contributed by atoms with van der Waals surface area (Å²) in [5.74, 6) is 0.113. The van der Waals surface area contributed by atoms with Crippen LogP contribution in [0.2, 0.25) is 5.02 Å². The molecule has 0 aromatic heterocycles. The standard InChI is InChI=1S/C14H12ClNOS/c15-11-5-1-3-9-4-2-6-12(14(9)11)16-8-10(18)7-13(16)17/h1-6,10,18H,7-8H2. The van der Waals surface area contributed by atoms with Crippen molar-refractivity contribution in [2.45, 2.75) is 11.7 Å². The fourth-order valence-corrected chi connectivity index (χ4v) is 3.02. The lowest BCUT2D eigenvalue weighted by Gasteiger charge is -2.19. The van der Waals surface area contributed by atoms with E-state index in [0.29, 0.717) is 18.0 Å². The van der Waals surface area contributed by atoms with Gasteiger partial charge in [-0.05, 0) is 17.5 Å². The Balaban J connectivity index is 2.20. The van der Waals surface area contributed by atoms with E-state index in [9.17, 15) is 4.79 Å². The van der Waals surface area contributed by atoms with E-state index in [1.807, 2.05) is 36.4 Å². The molecule has 0 spiro atoms. The lowest BCUT2D eigenvalue weighted by molar-refractivity contribution is -0.117. The van der Waals surface area contributed by atoms with Crippen molar-refractivity contribution >= 4 is 46.6 Å². The van der Waals surface area contributed by atoms with Crippen LogP contribution in [0.4, 0.5) is 5.69 Å². The topological polar surface area (TPSA) is 20.3 Å². The number of benzene rings is 2. The van der Waals surface area contributed by atoms with E-state index in [-0.39, 0.29) is 11.2 Å². The Morgan fingerprint density at radius 3 is 2.61 bits per heavy atom. The van der Waals surface area contributed by atoms with Crippen LogP contribution in [-0.4, -0.2) is 17.7 Å². The highest BCUT2D eigenvalue weighted by Gasteiger charge is 2.29. The number of rotatable bonds is 1. The number of carbonyl (C=O) groups excluding carboxylic acids is 1. The summed E-state index contributed by atoms with van der Waals surface area (Å²) in [7, 11) is 0. The molecule has 2 aromatic carbocycles. The van der Waals surface area contributed by atoms with Gasteiger partial charge in [0.15, 0.2) is 0 Å².